The minimum atomic E-state index is -0.377. The number of methoxy groups -OCH3 is 3. The smallest absolute Gasteiger partial charge is 0.274 e. The molecule has 0 radical (unpaired) electrons. The van der Waals surface area contributed by atoms with Gasteiger partial charge in [-0.25, -0.2) is 9.97 Å². The number of ether oxygens (including phenoxy) is 3. The van der Waals surface area contributed by atoms with Crippen molar-refractivity contribution in [2.75, 3.05) is 32.0 Å². The molecule has 0 atom stereocenters. The Morgan fingerprint density at radius 3 is 2.36 bits per heavy atom. The number of carbonyl (C=O) groups is 1. The third-order valence-corrected chi connectivity index (χ3v) is 3.91. The fourth-order valence-electron chi connectivity index (χ4n) is 2.54. The topological polar surface area (TPSA) is 94.6 Å². The fourth-order valence-corrected chi connectivity index (χ4v) is 2.54. The third-order valence-electron chi connectivity index (χ3n) is 3.91. The van der Waals surface area contributed by atoms with E-state index in [2.05, 4.69) is 20.6 Å². The van der Waals surface area contributed by atoms with Crippen LogP contribution >= 0.6 is 0 Å². The predicted molar refractivity (Wildman–Crippen MR) is 106 cm³/mol. The molecule has 1 amide bonds. The maximum Gasteiger partial charge on any atom is 0.274 e. The van der Waals surface area contributed by atoms with Gasteiger partial charge in [-0.15, -0.1) is 0 Å². The molecule has 2 aromatic carbocycles. The number of benzene rings is 2. The maximum atomic E-state index is 12.6. The SMILES string of the molecule is COc1ccccc1Nc1cc(C(=O)Nc2ccc(OC)c(OC)c2)ncn1. The molecule has 1 heterocycles. The number of hydrogen-bond acceptors (Lipinski definition) is 7. The Balaban J connectivity index is 1.77. The highest BCUT2D eigenvalue weighted by molar-refractivity contribution is 6.03. The molecule has 1 aromatic heterocycles. The Morgan fingerprint density at radius 2 is 1.61 bits per heavy atom. The van der Waals surface area contributed by atoms with Crippen LogP contribution < -0.4 is 24.8 Å². The van der Waals surface area contributed by atoms with Crippen molar-refractivity contribution in [3.63, 3.8) is 0 Å². The minimum absolute atomic E-state index is 0.210. The molecular formula is C20H20N4O4. The number of nitrogens with one attached hydrogen (secondary N) is 2. The van der Waals surface area contributed by atoms with Crippen LogP contribution in [0.15, 0.2) is 54.9 Å². The van der Waals surface area contributed by atoms with Crippen molar-refractivity contribution in [3.05, 3.63) is 60.6 Å². The van der Waals surface area contributed by atoms with Crippen molar-refractivity contribution in [2.45, 2.75) is 0 Å². The Bertz CT molecular complexity index is 978. The van der Waals surface area contributed by atoms with Crippen LogP contribution in [0.25, 0.3) is 0 Å². The van der Waals surface area contributed by atoms with Gasteiger partial charge < -0.3 is 24.8 Å². The highest BCUT2D eigenvalue weighted by Gasteiger charge is 2.12. The number of hydrogen-bond donors (Lipinski definition) is 2. The van der Waals surface area contributed by atoms with Gasteiger partial charge in [-0.2, -0.15) is 0 Å². The van der Waals surface area contributed by atoms with E-state index in [0.29, 0.717) is 28.8 Å². The molecule has 3 rings (SSSR count). The molecule has 28 heavy (non-hydrogen) atoms. The molecule has 0 aliphatic carbocycles. The lowest BCUT2D eigenvalue weighted by Crippen LogP contribution is -2.14. The van der Waals surface area contributed by atoms with Crippen LogP contribution in [0.3, 0.4) is 0 Å². The summed E-state index contributed by atoms with van der Waals surface area (Å²) in [6, 6.07) is 14.1. The molecule has 0 unspecified atom stereocenters. The Kier molecular flexibility index (Phi) is 5.91. The first-order chi connectivity index (χ1) is 13.6. The van der Waals surface area contributed by atoms with Crippen molar-refractivity contribution < 1.29 is 19.0 Å². The van der Waals surface area contributed by atoms with Gasteiger partial charge in [-0.3, -0.25) is 4.79 Å². The molecule has 0 saturated heterocycles. The second-order valence-electron chi connectivity index (χ2n) is 5.64. The van der Waals surface area contributed by atoms with Gasteiger partial charge in [-0.1, -0.05) is 12.1 Å². The van der Waals surface area contributed by atoms with Gasteiger partial charge in [0, 0.05) is 17.8 Å². The van der Waals surface area contributed by atoms with Gasteiger partial charge in [0.1, 0.15) is 23.6 Å². The Labute approximate surface area is 162 Å². The lowest BCUT2D eigenvalue weighted by atomic mass is 10.2. The fraction of sp³-hybridized carbons (Fsp3) is 0.150. The first kappa shape index (κ1) is 19.0. The Morgan fingerprint density at radius 1 is 0.857 bits per heavy atom. The van der Waals surface area contributed by atoms with Gasteiger partial charge in [0.15, 0.2) is 11.5 Å². The zero-order chi connectivity index (χ0) is 19.9. The largest absolute Gasteiger partial charge is 0.495 e. The van der Waals surface area contributed by atoms with E-state index in [-0.39, 0.29) is 11.6 Å². The van der Waals surface area contributed by atoms with Gasteiger partial charge in [0.2, 0.25) is 0 Å². The summed E-state index contributed by atoms with van der Waals surface area (Å²) in [5.41, 5.74) is 1.50. The average Bonchev–Trinajstić information content (AvgIpc) is 2.74. The Hall–Kier alpha value is -3.81. The first-order valence-electron chi connectivity index (χ1n) is 8.40. The molecule has 0 spiro atoms. The van der Waals surface area contributed by atoms with E-state index in [9.17, 15) is 4.79 Å². The standard InChI is InChI=1S/C20H20N4O4/c1-26-16-7-5-4-6-14(16)24-19-11-15(21-12-22-19)20(25)23-13-8-9-17(27-2)18(10-13)28-3/h4-12H,1-3H3,(H,23,25)(H,21,22,24). The van der Waals surface area contributed by atoms with Gasteiger partial charge in [0.25, 0.3) is 5.91 Å². The number of anilines is 3. The maximum absolute atomic E-state index is 12.6. The summed E-state index contributed by atoms with van der Waals surface area (Å²) < 4.78 is 15.8. The van der Waals surface area contributed by atoms with Crippen molar-refractivity contribution in [1.29, 1.82) is 0 Å². The molecule has 8 nitrogen and oxygen atoms in total. The number of amides is 1. The summed E-state index contributed by atoms with van der Waals surface area (Å²) in [5, 5.41) is 5.90. The van der Waals surface area contributed by atoms with Gasteiger partial charge >= 0.3 is 0 Å². The summed E-state index contributed by atoms with van der Waals surface area (Å²) in [6.07, 6.45) is 1.32. The summed E-state index contributed by atoms with van der Waals surface area (Å²) >= 11 is 0. The zero-order valence-electron chi connectivity index (χ0n) is 15.7. The van der Waals surface area contributed by atoms with E-state index in [1.54, 1.807) is 38.5 Å². The monoisotopic (exact) mass is 380 g/mol. The highest BCUT2D eigenvalue weighted by Crippen LogP contribution is 2.30. The summed E-state index contributed by atoms with van der Waals surface area (Å²) in [7, 11) is 4.67. The van der Waals surface area contributed by atoms with Crippen LogP contribution in [0, 0.1) is 0 Å². The van der Waals surface area contributed by atoms with Crippen LogP contribution in [-0.2, 0) is 0 Å². The highest BCUT2D eigenvalue weighted by atomic mass is 16.5. The quantitative estimate of drug-likeness (QED) is 0.648. The molecule has 0 fully saturated rings. The van der Waals surface area contributed by atoms with Crippen LogP contribution in [-0.4, -0.2) is 37.2 Å². The number of nitrogens with zero attached hydrogens (tertiary/aromatic N) is 2. The van der Waals surface area contributed by atoms with Crippen LogP contribution in [0.1, 0.15) is 10.5 Å². The van der Waals surface area contributed by atoms with Gasteiger partial charge in [0.05, 0.1) is 27.0 Å². The lowest BCUT2D eigenvalue weighted by molar-refractivity contribution is 0.102. The van der Waals surface area contributed by atoms with E-state index in [1.807, 2.05) is 24.3 Å². The number of para-hydroxylation sites is 2. The molecular weight excluding hydrogens is 360 g/mol. The summed E-state index contributed by atoms with van der Waals surface area (Å²) in [4.78, 5) is 20.8. The molecule has 8 heteroatoms. The molecule has 0 bridgehead atoms. The average molecular weight is 380 g/mol. The second kappa shape index (κ2) is 8.72. The van der Waals surface area contributed by atoms with E-state index in [0.717, 1.165) is 5.69 Å². The molecule has 144 valence electrons. The summed E-state index contributed by atoms with van der Waals surface area (Å²) in [5.74, 6) is 1.85. The van der Waals surface area contributed by atoms with Crippen molar-refractivity contribution in [1.82, 2.24) is 9.97 Å². The lowest BCUT2D eigenvalue weighted by Gasteiger charge is -2.12. The third kappa shape index (κ3) is 4.29. The predicted octanol–water partition coefficient (Wildman–Crippen LogP) is 3.50. The van der Waals surface area contributed by atoms with E-state index in [4.69, 9.17) is 14.2 Å². The number of carbonyl (C=O) groups excluding carboxylic acids is 1. The zero-order valence-corrected chi connectivity index (χ0v) is 15.7. The van der Waals surface area contributed by atoms with Crippen molar-refractivity contribution >= 4 is 23.1 Å². The molecule has 2 N–H and O–H groups in total. The minimum Gasteiger partial charge on any atom is -0.495 e. The second-order valence-corrected chi connectivity index (χ2v) is 5.64. The van der Waals surface area contributed by atoms with Crippen molar-refractivity contribution in [2.24, 2.45) is 0 Å². The van der Waals surface area contributed by atoms with E-state index >= 15 is 0 Å². The molecule has 0 saturated carbocycles. The molecule has 0 aliphatic rings. The summed E-state index contributed by atoms with van der Waals surface area (Å²) in [6.45, 7) is 0. The van der Waals surface area contributed by atoms with E-state index < -0.39 is 0 Å². The number of rotatable bonds is 7. The first-order valence-corrected chi connectivity index (χ1v) is 8.40. The molecule has 3 aromatic rings. The normalized spacial score (nSPS) is 10.1. The van der Waals surface area contributed by atoms with Crippen LogP contribution in [0.4, 0.5) is 17.2 Å². The number of aromatic nitrogens is 2. The van der Waals surface area contributed by atoms with Crippen LogP contribution in [0.5, 0.6) is 17.2 Å². The van der Waals surface area contributed by atoms with E-state index in [1.165, 1.54) is 13.4 Å². The van der Waals surface area contributed by atoms with Crippen molar-refractivity contribution in [3.8, 4) is 17.2 Å². The van der Waals surface area contributed by atoms with Crippen LogP contribution in [0.2, 0.25) is 0 Å². The molecule has 0 aliphatic heterocycles. The van der Waals surface area contributed by atoms with Gasteiger partial charge in [-0.05, 0) is 24.3 Å².